The average Bonchev–Trinajstić information content (AvgIpc) is 2.73. The van der Waals surface area contributed by atoms with E-state index < -0.39 is 0 Å². The number of nitrogens with zero attached hydrogens (tertiary/aromatic N) is 3. The lowest BCUT2D eigenvalue weighted by Crippen LogP contribution is -2.46. The van der Waals surface area contributed by atoms with Gasteiger partial charge in [0.05, 0.1) is 6.10 Å². The van der Waals surface area contributed by atoms with Gasteiger partial charge in [0.2, 0.25) is 0 Å². The van der Waals surface area contributed by atoms with E-state index in [1.165, 1.54) is 0 Å². The Bertz CT molecular complexity index is 601. The van der Waals surface area contributed by atoms with Crippen molar-refractivity contribution in [1.29, 1.82) is 0 Å². The highest BCUT2D eigenvalue weighted by atomic mass is 16.5. The van der Waals surface area contributed by atoms with Crippen LogP contribution >= 0.6 is 0 Å². The van der Waals surface area contributed by atoms with Crippen LogP contribution in [-0.4, -0.2) is 89.6 Å². The highest BCUT2D eigenvalue weighted by Crippen LogP contribution is 2.18. The first kappa shape index (κ1) is 23.4. The van der Waals surface area contributed by atoms with E-state index in [0.717, 1.165) is 69.4 Å². The second kappa shape index (κ2) is 13.4. The molecule has 0 amide bonds. The number of hydrogen-bond acceptors (Lipinski definition) is 5. The van der Waals surface area contributed by atoms with Gasteiger partial charge in [0.1, 0.15) is 12.4 Å². The number of guanidine groups is 1. The number of para-hydroxylation sites is 1. The van der Waals surface area contributed by atoms with E-state index in [0.29, 0.717) is 19.3 Å². The van der Waals surface area contributed by atoms with Crippen LogP contribution in [0.4, 0.5) is 0 Å². The fourth-order valence-corrected chi connectivity index (χ4v) is 3.32. The summed E-state index contributed by atoms with van der Waals surface area (Å²) >= 11 is 0. The number of aliphatic imine (C=N–C) groups is 1. The first-order valence-corrected chi connectivity index (χ1v) is 10.6. The predicted molar refractivity (Wildman–Crippen MR) is 118 cm³/mol. The third kappa shape index (κ3) is 8.60. The average molecular weight is 407 g/mol. The largest absolute Gasteiger partial charge is 0.492 e. The van der Waals surface area contributed by atoms with Crippen molar-refractivity contribution in [3.05, 3.63) is 29.8 Å². The van der Waals surface area contributed by atoms with E-state index in [-0.39, 0.29) is 0 Å². The third-order valence-electron chi connectivity index (χ3n) is 5.01. The number of likely N-dealkylation sites (N-methyl/N-ethyl adjacent to an activating group) is 1. The molecule has 29 heavy (non-hydrogen) atoms. The molecule has 1 aliphatic heterocycles. The predicted octanol–water partition coefficient (Wildman–Crippen LogP) is 2.22. The summed E-state index contributed by atoms with van der Waals surface area (Å²) in [5.74, 6) is 1.87. The van der Waals surface area contributed by atoms with Crippen molar-refractivity contribution >= 4 is 5.96 Å². The lowest BCUT2D eigenvalue weighted by Gasteiger charge is -2.34. The number of nitrogens with one attached hydrogen (secondary N) is 1. The van der Waals surface area contributed by atoms with E-state index in [1.54, 1.807) is 7.11 Å². The van der Waals surface area contributed by atoms with E-state index in [2.05, 4.69) is 40.3 Å². The first-order valence-electron chi connectivity index (χ1n) is 10.6. The van der Waals surface area contributed by atoms with Gasteiger partial charge >= 0.3 is 0 Å². The van der Waals surface area contributed by atoms with Gasteiger partial charge in [0.25, 0.3) is 0 Å². The number of likely N-dealkylation sites (tertiary alicyclic amines) is 1. The molecule has 0 saturated carbocycles. The zero-order valence-electron chi connectivity index (χ0n) is 18.5. The maximum absolute atomic E-state index is 5.97. The number of benzene rings is 1. The Kier molecular flexibility index (Phi) is 10.8. The van der Waals surface area contributed by atoms with E-state index in [1.807, 2.05) is 25.2 Å². The Morgan fingerprint density at radius 1 is 1.17 bits per heavy atom. The molecule has 7 nitrogen and oxygen atoms in total. The fraction of sp³-hybridized carbons (Fsp3) is 0.682. The van der Waals surface area contributed by atoms with Gasteiger partial charge in [-0.3, -0.25) is 4.99 Å². The molecule has 1 saturated heterocycles. The summed E-state index contributed by atoms with van der Waals surface area (Å²) in [5.41, 5.74) is 1.14. The van der Waals surface area contributed by atoms with Gasteiger partial charge in [-0.25, -0.2) is 0 Å². The standard InChI is InChI=1S/C22H38N4O3/c1-23-22(26-12-10-20(11-13-26)28-16-7-15-27-4)24-18-19-8-5-6-9-21(19)29-17-14-25(2)3/h5-6,8-9,20H,7,10-18H2,1-4H3,(H,23,24). The number of ether oxygens (including phenoxy) is 3. The molecule has 1 aromatic carbocycles. The highest BCUT2D eigenvalue weighted by molar-refractivity contribution is 5.80. The maximum atomic E-state index is 5.97. The molecule has 0 radical (unpaired) electrons. The van der Waals surface area contributed by atoms with Crippen molar-refractivity contribution in [1.82, 2.24) is 15.1 Å². The Hall–Kier alpha value is -1.83. The molecule has 0 bridgehead atoms. The van der Waals surface area contributed by atoms with Gasteiger partial charge in [0, 0.05) is 59.1 Å². The van der Waals surface area contributed by atoms with Crippen LogP contribution in [0.25, 0.3) is 0 Å². The Morgan fingerprint density at radius 3 is 2.62 bits per heavy atom. The summed E-state index contributed by atoms with van der Waals surface area (Å²) < 4.78 is 17.0. The second-order valence-electron chi connectivity index (χ2n) is 7.56. The zero-order chi connectivity index (χ0) is 20.9. The minimum Gasteiger partial charge on any atom is -0.492 e. The molecule has 7 heteroatoms. The van der Waals surface area contributed by atoms with Crippen LogP contribution in [0.15, 0.2) is 29.3 Å². The summed E-state index contributed by atoms with van der Waals surface area (Å²) in [6.45, 7) is 5.71. The maximum Gasteiger partial charge on any atom is 0.193 e. The summed E-state index contributed by atoms with van der Waals surface area (Å²) in [6, 6.07) is 8.19. The van der Waals surface area contributed by atoms with E-state index >= 15 is 0 Å². The number of hydrogen-bond donors (Lipinski definition) is 1. The molecule has 0 aliphatic carbocycles. The summed E-state index contributed by atoms with van der Waals surface area (Å²) in [6.07, 6.45) is 3.35. The molecule has 1 aliphatic rings. The Labute approximate surface area is 176 Å². The Balaban J connectivity index is 1.78. The lowest BCUT2D eigenvalue weighted by atomic mass is 10.1. The lowest BCUT2D eigenvalue weighted by molar-refractivity contribution is 0.00989. The van der Waals surface area contributed by atoms with Crippen LogP contribution < -0.4 is 10.1 Å². The van der Waals surface area contributed by atoms with Crippen LogP contribution in [-0.2, 0) is 16.0 Å². The second-order valence-corrected chi connectivity index (χ2v) is 7.56. The Morgan fingerprint density at radius 2 is 1.93 bits per heavy atom. The topological polar surface area (TPSA) is 58.6 Å². The first-order chi connectivity index (χ1) is 14.1. The minimum absolute atomic E-state index is 0.340. The molecule has 1 heterocycles. The highest BCUT2D eigenvalue weighted by Gasteiger charge is 2.22. The molecule has 1 N–H and O–H groups in total. The van der Waals surface area contributed by atoms with Crippen molar-refractivity contribution in [2.24, 2.45) is 4.99 Å². The molecular weight excluding hydrogens is 368 g/mol. The number of methoxy groups -OCH3 is 1. The van der Waals surface area contributed by atoms with Crippen LogP contribution in [0, 0.1) is 0 Å². The quantitative estimate of drug-likeness (QED) is 0.345. The van der Waals surface area contributed by atoms with Gasteiger partial charge in [-0.2, -0.15) is 0 Å². The van der Waals surface area contributed by atoms with Crippen LogP contribution in [0.3, 0.4) is 0 Å². The van der Waals surface area contributed by atoms with Gasteiger partial charge in [0.15, 0.2) is 5.96 Å². The van der Waals surface area contributed by atoms with E-state index in [4.69, 9.17) is 14.2 Å². The van der Waals surface area contributed by atoms with Crippen LogP contribution in [0.5, 0.6) is 5.75 Å². The molecule has 0 aromatic heterocycles. The summed E-state index contributed by atoms with van der Waals surface area (Å²) in [7, 11) is 7.67. The van der Waals surface area contributed by atoms with Gasteiger partial charge in [-0.1, -0.05) is 18.2 Å². The van der Waals surface area contributed by atoms with E-state index in [9.17, 15) is 0 Å². The van der Waals surface area contributed by atoms with Crippen molar-refractivity contribution in [3.63, 3.8) is 0 Å². The zero-order valence-corrected chi connectivity index (χ0v) is 18.5. The summed E-state index contributed by atoms with van der Waals surface area (Å²) in [5, 5.41) is 3.50. The number of rotatable bonds is 11. The van der Waals surface area contributed by atoms with Crippen molar-refractivity contribution < 1.29 is 14.2 Å². The van der Waals surface area contributed by atoms with Gasteiger partial charge < -0.3 is 29.3 Å². The monoisotopic (exact) mass is 406 g/mol. The molecular formula is C22H38N4O3. The van der Waals surface area contributed by atoms with Crippen molar-refractivity contribution in [3.8, 4) is 5.75 Å². The van der Waals surface area contributed by atoms with Crippen LogP contribution in [0.1, 0.15) is 24.8 Å². The molecule has 0 spiro atoms. The van der Waals surface area contributed by atoms with Gasteiger partial charge in [-0.15, -0.1) is 0 Å². The fourth-order valence-electron chi connectivity index (χ4n) is 3.32. The molecule has 1 fully saturated rings. The SMILES string of the molecule is CN=C(NCc1ccccc1OCCN(C)C)N1CCC(OCCCOC)CC1. The molecule has 2 rings (SSSR count). The van der Waals surface area contributed by atoms with Crippen LogP contribution in [0.2, 0.25) is 0 Å². The van der Waals surface area contributed by atoms with Gasteiger partial charge in [-0.05, 0) is 39.4 Å². The molecule has 164 valence electrons. The minimum atomic E-state index is 0.340. The molecule has 1 aromatic rings. The number of piperidine rings is 1. The smallest absolute Gasteiger partial charge is 0.193 e. The van der Waals surface area contributed by atoms with Crippen molar-refractivity contribution in [2.75, 3.05) is 67.7 Å². The van der Waals surface area contributed by atoms with Crippen molar-refractivity contribution in [2.45, 2.75) is 31.9 Å². The summed E-state index contributed by atoms with van der Waals surface area (Å²) in [4.78, 5) is 8.91. The molecule has 0 atom stereocenters. The third-order valence-corrected chi connectivity index (χ3v) is 5.01. The molecule has 0 unspecified atom stereocenters. The normalized spacial score (nSPS) is 15.8.